The summed E-state index contributed by atoms with van der Waals surface area (Å²) in [6.07, 6.45) is 4.09. The van der Waals surface area contributed by atoms with Crippen molar-refractivity contribution in [2.45, 2.75) is 39.2 Å². The van der Waals surface area contributed by atoms with Crippen LogP contribution in [0.15, 0.2) is 54.7 Å². The number of hydrogen-bond donors (Lipinski definition) is 2. The summed E-state index contributed by atoms with van der Waals surface area (Å²) in [6, 6.07) is 15.2. The molecule has 0 saturated heterocycles. The predicted molar refractivity (Wildman–Crippen MR) is 131 cm³/mol. The molecule has 0 atom stereocenters. The lowest BCUT2D eigenvalue weighted by Crippen LogP contribution is -2.26. The molecule has 0 saturated carbocycles. The van der Waals surface area contributed by atoms with E-state index >= 15 is 0 Å². The Labute approximate surface area is 198 Å². The van der Waals surface area contributed by atoms with Crippen LogP contribution in [0.5, 0.6) is 5.75 Å². The van der Waals surface area contributed by atoms with E-state index in [9.17, 15) is 14.9 Å². The lowest BCUT2D eigenvalue weighted by Gasteiger charge is -2.12. The number of unbranched alkanes of at least 4 members (excludes halogenated alkanes) is 2. The largest absolute Gasteiger partial charge is 0.489 e. The predicted octanol–water partition coefficient (Wildman–Crippen LogP) is 5.44. The second kappa shape index (κ2) is 13.0. The van der Waals surface area contributed by atoms with Crippen LogP contribution in [0, 0.1) is 10.1 Å². The molecular formula is C25H30N4O5. The van der Waals surface area contributed by atoms with Crippen molar-refractivity contribution in [3.8, 4) is 5.75 Å². The van der Waals surface area contributed by atoms with Crippen LogP contribution in [0.4, 0.5) is 16.2 Å². The molecule has 180 valence electrons. The van der Waals surface area contributed by atoms with Crippen LogP contribution in [-0.4, -0.2) is 35.7 Å². The number of nitrogens with zero attached hydrogens (tertiary/aromatic N) is 2. The highest BCUT2D eigenvalue weighted by Crippen LogP contribution is 2.33. The first-order valence-electron chi connectivity index (χ1n) is 11.5. The first-order chi connectivity index (χ1) is 16.6. The SMILES string of the molecule is CCCCOC(=O)NCCCCNc1c([N+](=O)[O-])cnc2cc(OCc3ccccc3)ccc12. The zero-order valence-electron chi connectivity index (χ0n) is 19.3. The second-order valence-electron chi connectivity index (χ2n) is 7.78. The standard InChI is InChI=1S/C25H30N4O5/c1-2-3-15-33-25(30)27-14-8-7-13-26-24-21-12-11-20(34-18-19-9-5-4-6-10-19)16-22(21)28-17-23(24)29(31)32/h4-6,9-12,16-17H,2-3,7-8,13-15,18H2,1H3,(H,26,28)(H,27,30). The maximum atomic E-state index is 11.6. The number of pyridine rings is 1. The van der Waals surface area contributed by atoms with E-state index in [-0.39, 0.29) is 5.69 Å². The van der Waals surface area contributed by atoms with Gasteiger partial charge in [0.1, 0.15) is 24.2 Å². The van der Waals surface area contributed by atoms with E-state index in [0.717, 1.165) is 18.4 Å². The van der Waals surface area contributed by atoms with Crippen LogP contribution < -0.4 is 15.4 Å². The topological polar surface area (TPSA) is 116 Å². The average molecular weight is 467 g/mol. The number of aromatic nitrogens is 1. The van der Waals surface area contributed by atoms with Crippen molar-refractivity contribution in [3.63, 3.8) is 0 Å². The Kier molecular flexibility index (Phi) is 9.45. The summed E-state index contributed by atoms with van der Waals surface area (Å²) >= 11 is 0. The molecule has 3 rings (SSSR count). The number of rotatable bonds is 13. The number of amides is 1. The van der Waals surface area contributed by atoms with Crippen LogP contribution >= 0.6 is 0 Å². The minimum absolute atomic E-state index is 0.0805. The van der Waals surface area contributed by atoms with Crippen molar-refractivity contribution in [1.29, 1.82) is 0 Å². The Hall–Kier alpha value is -3.88. The number of fused-ring (bicyclic) bond motifs is 1. The number of carbonyl (C=O) groups excluding carboxylic acids is 1. The number of ether oxygens (including phenoxy) is 2. The Morgan fingerprint density at radius 3 is 2.65 bits per heavy atom. The van der Waals surface area contributed by atoms with Crippen LogP contribution in [0.3, 0.4) is 0 Å². The third-order valence-corrected chi connectivity index (χ3v) is 5.17. The van der Waals surface area contributed by atoms with Crippen molar-refractivity contribution < 1.29 is 19.2 Å². The molecule has 9 nitrogen and oxygen atoms in total. The summed E-state index contributed by atoms with van der Waals surface area (Å²) < 4.78 is 10.9. The molecule has 0 aliphatic heterocycles. The van der Waals surface area contributed by atoms with E-state index in [2.05, 4.69) is 15.6 Å². The lowest BCUT2D eigenvalue weighted by atomic mass is 10.1. The van der Waals surface area contributed by atoms with Crippen molar-refractivity contribution in [2.24, 2.45) is 0 Å². The van der Waals surface area contributed by atoms with Crippen molar-refractivity contribution in [2.75, 3.05) is 25.0 Å². The van der Waals surface area contributed by atoms with Crippen LogP contribution in [0.1, 0.15) is 38.2 Å². The van der Waals surface area contributed by atoms with Crippen LogP contribution in [-0.2, 0) is 11.3 Å². The third kappa shape index (κ3) is 7.33. The van der Waals surface area contributed by atoms with Gasteiger partial charge in [0.05, 0.1) is 17.0 Å². The Morgan fingerprint density at radius 1 is 1.09 bits per heavy atom. The van der Waals surface area contributed by atoms with Gasteiger partial charge in [0, 0.05) is 24.5 Å². The van der Waals surface area contributed by atoms with E-state index in [1.165, 1.54) is 6.20 Å². The second-order valence-corrected chi connectivity index (χ2v) is 7.78. The molecule has 0 radical (unpaired) electrons. The quantitative estimate of drug-likeness (QED) is 0.196. The van der Waals surface area contributed by atoms with Gasteiger partial charge in [-0.25, -0.2) is 9.78 Å². The highest BCUT2D eigenvalue weighted by atomic mass is 16.6. The zero-order chi connectivity index (χ0) is 24.2. The van der Waals surface area contributed by atoms with Gasteiger partial charge >= 0.3 is 11.8 Å². The number of alkyl carbamates (subject to hydrolysis) is 1. The minimum Gasteiger partial charge on any atom is -0.489 e. The molecule has 0 unspecified atom stereocenters. The summed E-state index contributed by atoms with van der Waals surface area (Å²) in [5, 5.41) is 18.1. The molecule has 1 amide bonds. The molecule has 0 fully saturated rings. The fraction of sp³-hybridized carbons (Fsp3) is 0.360. The Balaban J connectivity index is 1.57. The van der Waals surface area contributed by atoms with E-state index in [1.54, 1.807) is 18.2 Å². The molecule has 9 heteroatoms. The average Bonchev–Trinajstić information content (AvgIpc) is 2.85. The Bertz CT molecular complexity index is 1090. The van der Waals surface area contributed by atoms with Gasteiger partial charge in [-0.3, -0.25) is 10.1 Å². The van der Waals surface area contributed by atoms with Gasteiger partial charge in [-0.1, -0.05) is 43.7 Å². The van der Waals surface area contributed by atoms with Crippen molar-refractivity contribution >= 4 is 28.4 Å². The third-order valence-electron chi connectivity index (χ3n) is 5.17. The molecule has 1 heterocycles. The fourth-order valence-electron chi connectivity index (χ4n) is 3.33. The van der Waals surface area contributed by atoms with Crippen molar-refractivity contribution in [1.82, 2.24) is 10.3 Å². The van der Waals surface area contributed by atoms with E-state index in [0.29, 0.717) is 61.5 Å². The van der Waals surface area contributed by atoms with Crippen LogP contribution in [0.25, 0.3) is 10.9 Å². The van der Waals surface area contributed by atoms with Gasteiger partial charge in [-0.05, 0) is 37.0 Å². The van der Waals surface area contributed by atoms with E-state index in [1.807, 2.05) is 37.3 Å². The summed E-state index contributed by atoms with van der Waals surface area (Å²) in [5.74, 6) is 0.639. The number of nitro groups is 1. The van der Waals surface area contributed by atoms with Gasteiger partial charge in [0.2, 0.25) is 0 Å². The zero-order valence-corrected chi connectivity index (χ0v) is 19.3. The molecule has 0 aliphatic carbocycles. The van der Waals surface area contributed by atoms with Gasteiger partial charge in [-0.2, -0.15) is 0 Å². The maximum absolute atomic E-state index is 11.6. The molecule has 0 bridgehead atoms. The fourth-order valence-corrected chi connectivity index (χ4v) is 3.33. The van der Waals surface area contributed by atoms with Gasteiger partial charge in [0.25, 0.3) is 0 Å². The van der Waals surface area contributed by atoms with Crippen molar-refractivity contribution in [3.05, 3.63) is 70.4 Å². The van der Waals surface area contributed by atoms with Crippen LogP contribution in [0.2, 0.25) is 0 Å². The summed E-state index contributed by atoms with van der Waals surface area (Å²) in [6.45, 7) is 3.86. The smallest absolute Gasteiger partial charge is 0.407 e. The summed E-state index contributed by atoms with van der Waals surface area (Å²) in [5.41, 5.74) is 2.00. The molecule has 34 heavy (non-hydrogen) atoms. The number of carbonyl (C=O) groups is 1. The monoisotopic (exact) mass is 466 g/mol. The molecule has 0 spiro atoms. The molecule has 2 aromatic carbocycles. The van der Waals surface area contributed by atoms with Gasteiger partial charge in [-0.15, -0.1) is 0 Å². The molecule has 3 aromatic rings. The molecule has 1 aromatic heterocycles. The molecule has 0 aliphatic rings. The summed E-state index contributed by atoms with van der Waals surface area (Å²) in [4.78, 5) is 26.9. The number of nitrogens with one attached hydrogen (secondary N) is 2. The van der Waals surface area contributed by atoms with E-state index < -0.39 is 11.0 Å². The first kappa shape index (κ1) is 24.8. The molecule has 2 N–H and O–H groups in total. The van der Waals surface area contributed by atoms with Gasteiger partial charge in [0.15, 0.2) is 0 Å². The maximum Gasteiger partial charge on any atom is 0.407 e. The minimum atomic E-state index is -0.442. The first-order valence-corrected chi connectivity index (χ1v) is 11.5. The highest BCUT2D eigenvalue weighted by molar-refractivity contribution is 5.96. The number of hydrogen-bond acceptors (Lipinski definition) is 7. The van der Waals surface area contributed by atoms with E-state index in [4.69, 9.17) is 9.47 Å². The normalized spacial score (nSPS) is 10.6. The highest BCUT2D eigenvalue weighted by Gasteiger charge is 2.18. The Morgan fingerprint density at radius 2 is 1.88 bits per heavy atom. The summed E-state index contributed by atoms with van der Waals surface area (Å²) in [7, 11) is 0. The number of benzene rings is 2. The molecular weight excluding hydrogens is 436 g/mol. The van der Waals surface area contributed by atoms with Gasteiger partial charge < -0.3 is 20.1 Å². The lowest BCUT2D eigenvalue weighted by molar-refractivity contribution is -0.384. The number of anilines is 1.